The van der Waals surface area contributed by atoms with Gasteiger partial charge in [-0.3, -0.25) is 4.79 Å². The van der Waals surface area contributed by atoms with Gasteiger partial charge in [0.1, 0.15) is 46.5 Å². The molecule has 1 aliphatic heterocycles. The van der Waals surface area contributed by atoms with Gasteiger partial charge < -0.3 is 44.5 Å². The molecule has 3 aromatic rings. The van der Waals surface area contributed by atoms with Crippen LogP contribution in [0.5, 0.6) is 23.0 Å². The van der Waals surface area contributed by atoms with Gasteiger partial charge in [-0.05, 0) is 31.2 Å². The van der Waals surface area contributed by atoms with Gasteiger partial charge in [0.25, 0.3) is 0 Å². The van der Waals surface area contributed by atoms with Gasteiger partial charge in [0.2, 0.25) is 17.5 Å². The molecular formula is C21H20O10. The lowest BCUT2D eigenvalue weighted by molar-refractivity contribution is -0.268. The summed E-state index contributed by atoms with van der Waals surface area (Å²) in [4.78, 5) is 13.2. The van der Waals surface area contributed by atoms with Crippen LogP contribution in [0.25, 0.3) is 22.3 Å². The van der Waals surface area contributed by atoms with Crippen LogP contribution in [0.3, 0.4) is 0 Å². The molecule has 0 saturated carbocycles. The lowest BCUT2D eigenvalue weighted by atomic mass is 10.00. The Hall–Kier alpha value is -3.31. The van der Waals surface area contributed by atoms with E-state index in [-0.39, 0.29) is 28.2 Å². The fraction of sp³-hybridized carbons (Fsp3) is 0.286. The summed E-state index contributed by atoms with van der Waals surface area (Å²) in [6.45, 7) is 1.45. The Bertz CT molecular complexity index is 1170. The van der Waals surface area contributed by atoms with Crippen molar-refractivity contribution in [2.45, 2.75) is 37.6 Å². The van der Waals surface area contributed by atoms with Crippen molar-refractivity contribution in [3.8, 4) is 34.3 Å². The number of ether oxygens (including phenoxy) is 2. The van der Waals surface area contributed by atoms with E-state index in [9.17, 15) is 35.4 Å². The fourth-order valence-electron chi connectivity index (χ4n) is 3.41. The molecule has 31 heavy (non-hydrogen) atoms. The monoisotopic (exact) mass is 432 g/mol. The molecule has 2 aromatic carbocycles. The van der Waals surface area contributed by atoms with Gasteiger partial charge in [0.15, 0.2) is 5.76 Å². The molecule has 10 nitrogen and oxygen atoms in total. The van der Waals surface area contributed by atoms with Crippen molar-refractivity contribution in [3.05, 3.63) is 46.6 Å². The highest BCUT2D eigenvalue weighted by atomic mass is 16.7. The molecular weight excluding hydrogens is 412 g/mol. The number of aliphatic hydroxyl groups is 3. The van der Waals surface area contributed by atoms with E-state index >= 15 is 0 Å². The SMILES string of the molecule is C[C@@H]1O[C@@H](Oc2c(-c3ccc(O)cc3)oc3cc(O)cc(O)c3c2=O)[C@H](O)[C@H](O)[C@H]1O. The molecule has 0 aliphatic carbocycles. The Morgan fingerprint density at radius 2 is 1.58 bits per heavy atom. The standard InChI is InChI=1S/C21H20O10/c1-8-15(25)17(27)18(28)21(29-8)31-20-16(26)14-12(24)6-11(23)7-13(14)30-19(20)9-2-4-10(22)5-3-9/h2-8,15,17-18,21-25,27-28H,1H3/t8-,15-,17+,18+,21-/m0/s1. The number of phenols is 3. The Morgan fingerprint density at radius 3 is 2.26 bits per heavy atom. The first-order chi connectivity index (χ1) is 14.7. The van der Waals surface area contributed by atoms with Gasteiger partial charge in [-0.25, -0.2) is 0 Å². The van der Waals surface area contributed by atoms with Crippen LogP contribution in [-0.4, -0.2) is 61.3 Å². The van der Waals surface area contributed by atoms with E-state index in [0.29, 0.717) is 5.56 Å². The van der Waals surface area contributed by atoms with Crippen molar-refractivity contribution in [3.63, 3.8) is 0 Å². The Balaban J connectivity index is 1.90. The summed E-state index contributed by atoms with van der Waals surface area (Å²) in [5.74, 6) is -1.51. The number of aromatic hydroxyl groups is 3. The Kier molecular flexibility index (Phi) is 5.23. The maximum atomic E-state index is 13.2. The molecule has 2 heterocycles. The summed E-state index contributed by atoms with van der Waals surface area (Å²) in [6.07, 6.45) is -7.11. The summed E-state index contributed by atoms with van der Waals surface area (Å²) in [6, 6.07) is 7.66. The maximum absolute atomic E-state index is 13.2. The van der Waals surface area contributed by atoms with E-state index in [1.54, 1.807) is 0 Å². The Morgan fingerprint density at radius 1 is 0.903 bits per heavy atom. The van der Waals surface area contributed by atoms with Crippen molar-refractivity contribution in [1.29, 1.82) is 0 Å². The Labute approximate surface area is 174 Å². The highest BCUT2D eigenvalue weighted by Crippen LogP contribution is 2.37. The van der Waals surface area contributed by atoms with Crippen LogP contribution in [-0.2, 0) is 4.74 Å². The van der Waals surface area contributed by atoms with Gasteiger partial charge in [0.05, 0.1) is 6.10 Å². The largest absolute Gasteiger partial charge is 0.508 e. The van der Waals surface area contributed by atoms with Crippen LogP contribution >= 0.6 is 0 Å². The summed E-state index contributed by atoms with van der Waals surface area (Å²) in [5.41, 5.74) is -0.661. The minimum Gasteiger partial charge on any atom is -0.508 e. The van der Waals surface area contributed by atoms with Crippen molar-refractivity contribution < 1.29 is 44.5 Å². The molecule has 4 rings (SSSR count). The van der Waals surface area contributed by atoms with Gasteiger partial charge >= 0.3 is 0 Å². The van der Waals surface area contributed by atoms with Crippen LogP contribution < -0.4 is 10.2 Å². The maximum Gasteiger partial charge on any atom is 0.239 e. The van der Waals surface area contributed by atoms with Crippen molar-refractivity contribution in [2.75, 3.05) is 0 Å². The third-order valence-corrected chi connectivity index (χ3v) is 5.09. The molecule has 1 saturated heterocycles. The van der Waals surface area contributed by atoms with Crippen LogP contribution in [0.15, 0.2) is 45.6 Å². The number of benzene rings is 2. The molecule has 1 aliphatic rings. The van der Waals surface area contributed by atoms with E-state index in [1.807, 2.05) is 0 Å². The van der Waals surface area contributed by atoms with Crippen LogP contribution in [0, 0.1) is 0 Å². The second-order valence-corrected chi connectivity index (χ2v) is 7.27. The summed E-state index contributed by atoms with van der Waals surface area (Å²) >= 11 is 0. The van der Waals surface area contributed by atoms with Crippen LogP contribution in [0.2, 0.25) is 0 Å². The van der Waals surface area contributed by atoms with Crippen molar-refractivity contribution in [2.24, 2.45) is 0 Å². The summed E-state index contributed by atoms with van der Waals surface area (Å²) < 4.78 is 16.8. The lowest BCUT2D eigenvalue weighted by Gasteiger charge is -2.38. The van der Waals surface area contributed by atoms with Crippen LogP contribution in [0.1, 0.15) is 6.92 Å². The average molecular weight is 432 g/mol. The molecule has 1 fully saturated rings. The van der Waals surface area contributed by atoms with Gasteiger partial charge in [-0.1, -0.05) is 0 Å². The average Bonchev–Trinajstić information content (AvgIpc) is 2.72. The smallest absolute Gasteiger partial charge is 0.239 e. The number of phenolic OH excluding ortho intramolecular Hbond substituents is 3. The molecule has 1 aromatic heterocycles. The number of fused-ring (bicyclic) bond motifs is 1. The minimum atomic E-state index is -1.69. The van der Waals surface area contributed by atoms with Crippen molar-refractivity contribution >= 4 is 11.0 Å². The fourth-order valence-corrected chi connectivity index (χ4v) is 3.41. The molecule has 0 radical (unpaired) electrons. The van der Waals surface area contributed by atoms with Gasteiger partial charge in [-0.15, -0.1) is 0 Å². The highest BCUT2D eigenvalue weighted by Gasteiger charge is 2.44. The van der Waals surface area contributed by atoms with Gasteiger partial charge in [0, 0.05) is 17.7 Å². The third-order valence-electron chi connectivity index (χ3n) is 5.09. The molecule has 6 N–H and O–H groups in total. The predicted octanol–water partition coefficient (Wildman–Crippen LogP) is 0.783. The second-order valence-electron chi connectivity index (χ2n) is 7.27. The molecule has 164 valence electrons. The first-order valence-corrected chi connectivity index (χ1v) is 9.36. The second kappa shape index (κ2) is 7.75. The third kappa shape index (κ3) is 3.66. The number of rotatable bonds is 3. The normalized spacial score (nSPS) is 26.1. The molecule has 0 amide bonds. The zero-order chi connectivity index (χ0) is 22.4. The van der Waals surface area contributed by atoms with Crippen molar-refractivity contribution in [1.82, 2.24) is 0 Å². The first-order valence-electron chi connectivity index (χ1n) is 9.36. The zero-order valence-electron chi connectivity index (χ0n) is 16.2. The topological polar surface area (TPSA) is 170 Å². The zero-order valence-corrected chi connectivity index (χ0v) is 16.2. The summed E-state index contributed by atoms with van der Waals surface area (Å²) in [7, 11) is 0. The number of hydrogen-bond acceptors (Lipinski definition) is 10. The minimum absolute atomic E-state index is 0.0402. The molecule has 0 bridgehead atoms. The van der Waals surface area contributed by atoms with E-state index in [1.165, 1.54) is 31.2 Å². The van der Waals surface area contributed by atoms with E-state index < -0.39 is 47.6 Å². The number of hydrogen-bond donors (Lipinski definition) is 6. The van der Waals surface area contributed by atoms with E-state index in [2.05, 4.69) is 0 Å². The molecule has 0 spiro atoms. The first kappa shape index (κ1) is 20.9. The lowest BCUT2D eigenvalue weighted by Crippen LogP contribution is -2.58. The van der Waals surface area contributed by atoms with Gasteiger partial charge in [-0.2, -0.15) is 0 Å². The number of aliphatic hydroxyl groups excluding tert-OH is 3. The highest BCUT2D eigenvalue weighted by molar-refractivity contribution is 5.88. The molecule has 5 atom stereocenters. The predicted molar refractivity (Wildman–Crippen MR) is 106 cm³/mol. The molecule has 0 unspecified atom stereocenters. The summed E-state index contributed by atoms with van der Waals surface area (Å²) in [5, 5.41) is 59.4. The van der Waals surface area contributed by atoms with E-state index in [0.717, 1.165) is 12.1 Å². The molecule has 10 heteroatoms. The van der Waals surface area contributed by atoms with E-state index in [4.69, 9.17) is 13.9 Å². The quantitative estimate of drug-likeness (QED) is 0.348. The van der Waals surface area contributed by atoms with Crippen LogP contribution in [0.4, 0.5) is 0 Å².